The van der Waals surface area contributed by atoms with Gasteiger partial charge in [-0.05, 0) is 51.3 Å². The molecule has 0 aromatic heterocycles. The molecule has 8 nitrogen and oxygen atoms in total. The summed E-state index contributed by atoms with van der Waals surface area (Å²) >= 11 is 0. The zero-order valence-electron chi connectivity index (χ0n) is 18.8. The average Bonchev–Trinajstić information content (AvgIpc) is 3.53. The molecule has 1 aliphatic carbocycles. The molecule has 1 aromatic carbocycles. The SMILES string of the molecule is CC(C)OC(=O)N1C[C@H](C)N(C(=O)C2CC2)c2ccc(C(CN)CNC3CNC3)cc21. The Morgan fingerprint density at radius 2 is 2.00 bits per heavy atom. The van der Waals surface area contributed by atoms with Gasteiger partial charge in [0.15, 0.2) is 0 Å². The highest BCUT2D eigenvalue weighted by Crippen LogP contribution is 2.41. The van der Waals surface area contributed by atoms with Gasteiger partial charge < -0.3 is 26.0 Å². The number of fused-ring (bicyclic) bond motifs is 1. The van der Waals surface area contributed by atoms with Crippen LogP contribution in [0.15, 0.2) is 18.2 Å². The molecule has 2 heterocycles. The normalized spacial score (nSPS) is 22.2. The number of ether oxygens (including phenoxy) is 1. The summed E-state index contributed by atoms with van der Waals surface area (Å²) in [5.41, 5.74) is 8.69. The van der Waals surface area contributed by atoms with Gasteiger partial charge in [-0.1, -0.05) is 6.07 Å². The van der Waals surface area contributed by atoms with Crippen molar-refractivity contribution in [3.05, 3.63) is 23.8 Å². The quantitative estimate of drug-likeness (QED) is 0.611. The van der Waals surface area contributed by atoms with Crippen LogP contribution in [0.5, 0.6) is 0 Å². The topological polar surface area (TPSA) is 99.9 Å². The van der Waals surface area contributed by atoms with Crippen LogP contribution in [0.25, 0.3) is 0 Å². The second-order valence-corrected chi connectivity index (χ2v) is 9.32. The Morgan fingerprint density at radius 3 is 2.58 bits per heavy atom. The summed E-state index contributed by atoms with van der Waals surface area (Å²) in [7, 11) is 0. The molecule has 0 radical (unpaired) electrons. The monoisotopic (exact) mass is 429 g/mol. The van der Waals surface area contributed by atoms with Crippen LogP contribution in [0, 0.1) is 5.92 Å². The summed E-state index contributed by atoms with van der Waals surface area (Å²) in [6.45, 7) is 9.33. The maximum atomic E-state index is 13.0. The van der Waals surface area contributed by atoms with Gasteiger partial charge in [0.25, 0.3) is 0 Å². The Labute approximate surface area is 184 Å². The van der Waals surface area contributed by atoms with Gasteiger partial charge in [0.2, 0.25) is 5.91 Å². The van der Waals surface area contributed by atoms with Gasteiger partial charge >= 0.3 is 6.09 Å². The van der Waals surface area contributed by atoms with E-state index in [1.54, 1.807) is 4.90 Å². The van der Waals surface area contributed by atoms with Gasteiger partial charge in [-0.3, -0.25) is 9.69 Å². The number of amides is 2. The van der Waals surface area contributed by atoms with Gasteiger partial charge in [0.1, 0.15) is 0 Å². The van der Waals surface area contributed by atoms with Gasteiger partial charge in [-0.25, -0.2) is 4.79 Å². The minimum absolute atomic E-state index is 0.107. The second kappa shape index (κ2) is 9.14. The number of rotatable bonds is 7. The van der Waals surface area contributed by atoms with E-state index in [4.69, 9.17) is 10.5 Å². The number of carbonyl (C=O) groups is 2. The number of hydrogen-bond donors (Lipinski definition) is 3. The largest absolute Gasteiger partial charge is 0.446 e. The molecule has 2 atom stereocenters. The Kier molecular flexibility index (Phi) is 6.50. The molecular formula is C23H35N5O3. The first-order valence-corrected chi connectivity index (χ1v) is 11.5. The Morgan fingerprint density at radius 1 is 1.26 bits per heavy atom. The number of nitrogens with one attached hydrogen (secondary N) is 2. The van der Waals surface area contributed by atoms with E-state index < -0.39 is 0 Å². The molecule has 4 rings (SSSR count). The van der Waals surface area contributed by atoms with Gasteiger partial charge in [-0.2, -0.15) is 0 Å². The predicted molar refractivity (Wildman–Crippen MR) is 122 cm³/mol. The molecule has 1 saturated heterocycles. The van der Waals surface area contributed by atoms with Gasteiger partial charge in [0.05, 0.1) is 23.5 Å². The lowest BCUT2D eigenvalue weighted by Crippen LogP contribution is -2.56. The predicted octanol–water partition coefficient (Wildman–Crippen LogP) is 1.79. The summed E-state index contributed by atoms with van der Waals surface area (Å²) in [6.07, 6.45) is 1.32. The molecule has 4 N–H and O–H groups in total. The molecular weight excluding hydrogens is 394 g/mol. The highest BCUT2D eigenvalue weighted by atomic mass is 16.6. The molecule has 3 aliphatic rings. The van der Waals surface area contributed by atoms with Crippen LogP contribution in [0.1, 0.15) is 45.1 Å². The molecule has 31 heavy (non-hydrogen) atoms. The number of hydrogen-bond acceptors (Lipinski definition) is 6. The first kappa shape index (κ1) is 22.0. The number of nitrogens with zero attached hydrogens (tertiary/aromatic N) is 2. The van der Waals surface area contributed by atoms with Crippen molar-refractivity contribution < 1.29 is 14.3 Å². The molecule has 0 spiro atoms. The lowest BCUT2D eigenvalue weighted by Gasteiger charge is -2.41. The minimum atomic E-state index is -0.373. The van der Waals surface area contributed by atoms with Crippen LogP contribution < -0.4 is 26.2 Å². The molecule has 2 aliphatic heterocycles. The van der Waals surface area contributed by atoms with E-state index in [0.29, 0.717) is 19.1 Å². The summed E-state index contributed by atoms with van der Waals surface area (Å²) < 4.78 is 5.52. The van der Waals surface area contributed by atoms with E-state index in [1.165, 1.54) is 0 Å². The molecule has 8 heteroatoms. The molecule has 0 bridgehead atoms. The van der Waals surface area contributed by atoms with Crippen LogP contribution >= 0.6 is 0 Å². The lowest BCUT2D eigenvalue weighted by molar-refractivity contribution is -0.120. The number of anilines is 2. The molecule has 1 aromatic rings. The van der Waals surface area contributed by atoms with Crippen LogP contribution in [-0.2, 0) is 9.53 Å². The third-order valence-corrected chi connectivity index (χ3v) is 6.35. The highest BCUT2D eigenvalue weighted by molar-refractivity contribution is 6.04. The zero-order valence-corrected chi connectivity index (χ0v) is 18.8. The van der Waals surface area contributed by atoms with Gasteiger partial charge in [-0.15, -0.1) is 0 Å². The fourth-order valence-corrected chi connectivity index (χ4v) is 4.28. The highest BCUT2D eigenvalue weighted by Gasteiger charge is 2.41. The smallest absolute Gasteiger partial charge is 0.414 e. The maximum absolute atomic E-state index is 13.0. The summed E-state index contributed by atoms with van der Waals surface area (Å²) in [4.78, 5) is 29.5. The van der Waals surface area contributed by atoms with E-state index >= 15 is 0 Å². The van der Waals surface area contributed by atoms with Crippen LogP contribution in [0.3, 0.4) is 0 Å². The van der Waals surface area contributed by atoms with Crippen molar-refractivity contribution in [2.24, 2.45) is 11.7 Å². The van der Waals surface area contributed by atoms with Crippen LogP contribution in [-0.4, -0.2) is 62.9 Å². The lowest BCUT2D eigenvalue weighted by atomic mass is 9.95. The number of nitrogens with two attached hydrogens (primary N) is 1. The van der Waals surface area contributed by atoms with Crippen LogP contribution in [0.4, 0.5) is 16.2 Å². The van der Waals surface area contributed by atoms with E-state index in [1.807, 2.05) is 43.9 Å². The van der Waals surface area contributed by atoms with Crippen molar-refractivity contribution in [2.75, 3.05) is 42.5 Å². The summed E-state index contributed by atoms with van der Waals surface area (Å²) in [5, 5.41) is 6.82. The second-order valence-electron chi connectivity index (χ2n) is 9.32. The van der Waals surface area contributed by atoms with E-state index in [0.717, 1.165) is 49.4 Å². The van der Waals surface area contributed by atoms with Gasteiger partial charge in [0, 0.05) is 50.6 Å². The van der Waals surface area contributed by atoms with E-state index in [-0.39, 0.29) is 36.0 Å². The molecule has 1 unspecified atom stereocenters. The van der Waals surface area contributed by atoms with Crippen molar-refractivity contribution >= 4 is 23.4 Å². The number of carbonyl (C=O) groups excluding carboxylic acids is 2. The Bertz CT molecular complexity index is 821. The third kappa shape index (κ3) is 4.71. The van der Waals surface area contributed by atoms with Crippen molar-refractivity contribution in [1.29, 1.82) is 0 Å². The average molecular weight is 430 g/mol. The third-order valence-electron chi connectivity index (χ3n) is 6.35. The number of benzene rings is 1. The Hall–Kier alpha value is -2.16. The fraction of sp³-hybridized carbons (Fsp3) is 0.652. The fourth-order valence-electron chi connectivity index (χ4n) is 4.28. The standard InChI is InChI=1S/C23H35N5O3/c1-14(2)31-23(30)27-13-15(3)28(22(29)16-4-5-16)20-7-6-17(8-21(20)27)18(9-24)10-26-19-11-25-12-19/h6-8,14-16,18-19,25-26H,4-5,9-13,24H2,1-3H3/t15-,18?/m0/s1. The van der Waals surface area contributed by atoms with Crippen LogP contribution in [0.2, 0.25) is 0 Å². The van der Waals surface area contributed by atoms with E-state index in [2.05, 4.69) is 10.6 Å². The molecule has 2 amide bonds. The molecule has 1 saturated carbocycles. The maximum Gasteiger partial charge on any atom is 0.414 e. The molecule has 170 valence electrons. The molecule has 2 fully saturated rings. The first-order valence-electron chi connectivity index (χ1n) is 11.5. The van der Waals surface area contributed by atoms with Crippen molar-refractivity contribution in [2.45, 2.75) is 57.7 Å². The Balaban J connectivity index is 1.65. The summed E-state index contributed by atoms with van der Waals surface area (Å²) in [6, 6.07) is 6.42. The summed E-state index contributed by atoms with van der Waals surface area (Å²) in [5.74, 6) is 0.398. The van der Waals surface area contributed by atoms with Crippen molar-refractivity contribution in [1.82, 2.24) is 10.6 Å². The van der Waals surface area contributed by atoms with Crippen molar-refractivity contribution in [3.8, 4) is 0 Å². The first-order chi connectivity index (χ1) is 14.9. The van der Waals surface area contributed by atoms with E-state index in [9.17, 15) is 9.59 Å². The minimum Gasteiger partial charge on any atom is -0.446 e. The van der Waals surface area contributed by atoms with Crippen molar-refractivity contribution in [3.63, 3.8) is 0 Å². The zero-order chi connectivity index (χ0) is 22.1.